The Hall–Kier alpha value is -1.03. The topological polar surface area (TPSA) is 42.4 Å². The molecule has 0 unspecified atom stereocenters. The maximum atomic E-state index is 8.28. The first kappa shape index (κ1) is 7.09. The number of rotatable bonds is 2. The van der Waals surface area contributed by atoms with Crippen molar-refractivity contribution >= 4 is 7.69 Å². The van der Waals surface area contributed by atoms with Crippen LogP contribution < -0.4 is 4.65 Å². The highest BCUT2D eigenvalue weighted by molar-refractivity contribution is 6.17. The number of hydrogen-bond acceptors (Lipinski definition) is 3. The average molecular weight is 136 g/mol. The molecule has 0 amide bonds. The lowest BCUT2D eigenvalue weighted by Crippen LogP contribution is -2.01. The fourth-order valence-corrected chi connectivity index (χ4v) is 0.650. The van der Waals surface area contributed by atoms with Gasteiger partial charge in [-0.1, -0.05) is 0 Å². The van der Waals surface area contributed by atoms with E-state index in [-0.39, 0.29) is 0 Å². The van der Waals surface area contributed by atoms with Gasteiger partial charge in [0.1, 0.15) is 5.75 Å². The van der Waals surface area contributed by atoms with E-state index in [4.69, 9.17) is 9.68 Å². The second-order valence-corrected chi connectivity index (χ2v) is 1.86. The van der Waals surface area contributed by atoms with Gasteiger partial charge in [0.2, 0.25) is 0 Å². The summed E-state index contributed by atoms with van der Waals surface area (Å²) >= 11 is 0. The van der Waals surface area contributed by atoms with E-state index in [0.717, 1.165) is 5.56 Å². The van der Waals surface area contributed by atoms with Gasteiger partial charge in [-0.15, -0.1) is 0 Å². The van der Waals surface area contributed by atoms with E-state index in [1.165, 1.54) is 0 Å². The minimum atomic E-state index is 0.623. The minimum Gasteiger partial charge on any atom is -0.537 e. The second-order valence-electron chi connectivity index (χ2n) is 1.86. The predicted molar refractivity (Wildman–Crippen MR) is 37.6 cm³/mol. The van der Waals surface area contributed by atoms with Crippen LogP contribution in [0.5, 0.6) is 5.75 Å². The molecular weight excluding hydrogens is 129 g/mol. The minimum absolute atomic E-state index is 0.623. The highest BCUT2D eigenvalue weighted by atomic mass is 16.5. The van der Waals surface area contributed by atoms with Crippen molar-refractivity contribution in [3.05, 3.63) is 24.0 Å². The SMILES string of the molecule is Cc1cnccc1O[B]O. The summed E-state index contributed by atoms with van der Waals surface area (Å²) in [6, 6.07) is 1.68. The van der Waals surface area contributed by atoms with Crippen LogP contribution in [0.2, 0.25) is 0 Å². The zero-order valence-electron chi connectivity index (χ0n) is 5.61. The average Bonchev–Trinajstić information content (AvgIpc) is 1.94. The van der Waals surface area contributed by atoms with E-state index in [2.05, 4.69) is 4.98 Å². The molecule has 0 saturated carbocycles. The summed E-state index contributed by atoms with van der Waals surface area (Å²) in [4.78, 5) is 3.85. The monoisotopic (exact) mass is 136 g/mol. The Kier molecular flexibility index (Phi) is 2.28. The number of pyridine rings is 1. The first-order valence-corrected chi connectivity index (χ1v) is 2.88. The molecule has 4 heteroatoms. The van der Waals surface area contributed by atoms with Crippen molar-refractivity contribution in [1.29, 1.82) is 0 Å². The van der Waals surface area contributed by atoms with E-state index in [1.54, 1.807) is 18.5 Å². The molecule has 1 aromatic heterocycles. The van der Waals surface area contributed by atoms with Crippen LogP contribution in [0, 0.1) is 6.92 Å². The van der Waals surface area contributed by atoms with Gasteiger partial charge in [-0.05, 0) is 13.0 Å². The molecule has 1 rings (SSSR count). The molecule has 0 aliphatic rings. The third kappa shape index (κ3) is 1.48. The van der Waals surface area contributed by atoms with Crippen LogP contribution >= 0.6 is 0 Å². The number of hydrogen-bond donors (Lipinski definition) is 1. The van der Waals surface area contributed by atoms with Gasteiger partial charge in [-0.2, -0.15) is 0 Å². The lowest BCUT2D eigenvalue weighted by atomic mass is 10.3. The van der Waals surface area contributed by atoms with Gasteiger partial charge in [0.05, 0.1) is 0 Å². The van der Waals surface area contributed by atoms with Crippen LogP contribution in [0.1, 0.15) is 5.56 Å². The Morgan fingerprint density at radius 2 is 2.50 bits per heavy atom. The van der Waals surface area contributed by atoms with Crippen LogP contribution in [0.4, 0.5) is 0 Å². The number of aromatic nitrogens is 1. The molecule has 0 aromatic carbocycles. The summed E-state index contributed by atoms with van der Waals surface area (Å²) in [7, 11) is 0.655. The molecule has 1 N–H and O–H groups in total. The molecule has 3 nitrogen and oxygen atoms in total. The number of nitrogens with zero attached hydrogens (tertiary/aromatic N) is 1. The van der Waals surface area contributed by atoms with E-state index in [0.29, 0.717) is 13.4 Å². The van der Waals surface area contributed by atoms with Crippen LogP contribution in [0.15, 0.2) is 18.5 Å². The van der Waals surface area contributed by atoms with Crippen molar-refractivity contribution in [3.63, 3.8) is 0 Å². The normalized spacial score (nSPS) is 9.00. The Morgan fingerprint density at radius 3 is 3.10 bits per heavy atom. The molecule has 0 fully saturated rings. The molecule has 10 heavy (non-hydrogen) atoms. The first-order chi connectivity index (χ1) is 4.84. The Bertz CT molecular complexity index is 217. The molecule has 0 atom stereocenters. The predicted octanol–water partition coefficient (Wildman–Crippen LogP) is 0.295. The fraction of sp³-hybridized carbons (Fsp3) is 0.167. The van der Waals surface area contributed by atoms with Crippen molar-refractivity contribution in [1.82, 2.24) is 4.98 Å². The molecular formula is C6H7BNO2. The van der Waals surface area contributed by atoms with Gasteiger partial charge >= 0.3 is 7.69 Å². The molecule has 0 spiro atoms. The molecule has 1 radical (unpaired) electrons. The van der Waals surface area contributed by atoms with Gasteiger partial charge in [0.15, 0.2) is 0 Å². The highest BCUT2D eigenvalue weighted by Gasteiger charge is 1.96. The zero-order valence-corrected chi connectivity index (χ0v) is 5.61. The zero-order chi connectivity index (χ0) is 7.40. The van der Waals surface area contributed by atoms with Crippen molar-refractivity contribution < 1.29 is 9.68 Å². The van der Waals surface area contributed by atoms with Gasteiger partial charge < -0.3 is 9.68 Å². The summed E-state index contributed by atoms with van der Waals surface area (Å²) < 4.78 is 4.73. The quantitative estimate of drug-likeness (QED) is 0.594. The first-order valence-electron chi connectivity index (χ1n) is 2.88. The maximum Gasteiger partial charge on any atom is 0.569 e. The second kappa shape index (κ2) is 3.22. The molecule has 0 saturated heterocycles. The van der Waals surface area contributed by atoms with Crippen LogP contribution in [0.25, 0.3) is 0 Å². The van der Waals surface area contributed by atoms with Crippen molar-refractivity contribution in [2.24, 2.45) is 0 Å². The van der Waals surface area contributed by atoms with Crippen molar-refractivity contribution in [2.45, 2.75) is 6.92 Å². The van der Waals surface area contributed by atoms with Gasteiger partial charge in [-0.25, -0.2) is 0 Å². The van der Waals surface area contributed by atoms with E-state index in [9.17, 15) is 0 Å². The van der Waals surface area contributed by atoms with Crippen molar-refractivity contribution in [3.8, 4) is 5.75 Å². The van der Waals surface area contributed by atoms with E-state index in [1.807, 2.05) is 6.92 Å². The Labute approximate surface area is 60.0 Å². The smallest absolute Gasteiger partial charge is 0.537 e. The Morgan fingerprint density at radius 1 is 1.70 bits per heavy atom. The van der Waals surface area contributed by atoms with Crippen LogP contribution in [0.3, 0.4) is 0 Å². The molecule has 0 aliphatic heterocycles. The molecule has 0 bridgehead atoms. The van der Waals surface area contributed by atoms with Gasteiger partial charge in [0, 0.05) is 18.0 Å². The summed E-state index contributed by atoms with van der Waals surface area (Å²) in [5.41, 5.74) is 0.896. The third-order valence-electron chi connectivity index (χ3n) is 1.15. The summed E-state index contributed by atoms with van der Waals surface area (Å²) in [5, 5.41) is 8.28. The van der Waals surface area contributed by atoms with Crippen molar-refractivity contribution in [2.75, 3.05) is 0 Å². The summed E-state index contributed by atoms with van der Waals surface area (Å²) in [5.74, 6) is 0.623. The molecule has 51 valence electrons. The summed E-state index contributed by atoms with van der Waals surface area (Å²) in [6.07, 6.45) is 3.27. The van der Waals surface area contributed by atoms with Gasteiger partial charge in [0.25, 0.3) is 0 Å². The maximum absolute atomic E-state index is 8.28. The Balaban J connectivity index is 2.81. The van der Waals surface area contributed by atoms with E-state index >= 15 is 0 Å². The third-order valence-corrected chi connectivity index (χ3v) is 1.15. The molecule has 0 aliphatic carbocycles. The fourth-order valence-electron chi connectivity index (χ4n) is 0.650. The lowest BCUT2D eigenvalue weighted by molar-refractivity contribution is 0.451. The highest BCUT2D eigenvalue weighted by Crippen LogP contribution is 2.13. The standard InChI is InChI=1S/C6H7BNO2/c1-5-4-8-3-2-6(5)10-7-9/h2-4,9H,1H3. The van der Waals surface area contributed by atoms with E-state index < -0.39 is 0 Å². The summed E-state index contributed by atoms with van der Waals surface area (Å²) in [6.45, 7) is 1.85. The van der Waals surface area contributed by atoms with Crippen LogP contribution in [-0.4, -0.2) is 17.7 Å². The number of aryl methyl sites for hydroxylation is 1. The van der Waals surface area contributed by atoms with Crippen LogP contribution in [-0.2, 0) is 0 Å². The molecule has 1 aromatic rings. The largest absolute Gasteiger partial charge is 0.569 e. The van der Waals surface area contributed by atoms with Gasteiger partial charge in [-0.3, -0.25) is 4.98 Å². The molecule has 1 heterocycles. The lowest BCUT2D eigenvalue weighted by Gasteiger charge is -2.02.